The van der Waals surface area contributed by atoms with Crippen LogP contribution in [0.4, 0.5) is 5.95 Å². The van der Waals surface area contributed by atoms with Crippen molar-refractivity contribution in [1.82, 2.24) is 9.97 Å². The van der Waals surface area contributed by atoms with Crippen LogP contribution in [0.3, 0.4) is 0 Å². The molecule has 88 valence electrons. The Balaban J connectivity index is 2.16. The van der Waals surface area contributed by atoms with Gasteiger partial charge in [-0.05, 0) is 13.3 Å². The van der Waals surface area contributed by atoms with Crippen LogP contribution in [0.2, 0.25) is 0 Å². The first kappa shape index (κ1) is 11.3. The zero-order valence-electron chi connectivity index (χ0n) is 9.65. The van der Waals surface area contributed by atoms with Crippen LogP contribution in [0.1, 0.15) is 17.7 Å². The Kier molecular flexibility index (Phi) is 3.69. The van der Waals surface area contributed by atoms with Crippen molar-refractivity contribution in [2.45, 2.75) is 19.9 Å². The number of hydrogen-bond acceptors (Lipinski definition) is 5. The van der Waals surface area contributed by atoms with E-state index >= 15 is 0 Å². The number of rotatable bonds is 2. The minimum absolute atomic E-state index is 0.495. The molecule has 0 aliphatic carbocycles. The Morgan fingerprint density at radius 1 is 1.44 bits per heavy atom. The summed E-state index contributed by atoms with van der Waals surface area (Å²) in [6, 6.07) is 0. The zero-order valence-corrected chi connectivity index (χ0v) is 9.65. The smallest absolute Gasteiger partial charge is 0.225 e. The Morgan fingerprint density at radius 2 is 2.31 bits per heavy atom. The minimum atomic E-state index is 0.495. The molecule has 0 spiro atoms. The molecule has 2 N–H and O–H groups in total. The number of ether oxygens (including phenoxy) is 1. The number of nitrogens with zero attached hydrogens (tertiary/aromatic N) is 3. The number of anilines is 1. The molecule has 5 nitrogen and oxygen atoms in total. The SMILES string of the molecule is Cc1nc(N2CCCOCC2)ncc1CN. The van der Waals surface area contributed by atoms with Crippen molar-refractivity contribution in [3.63, 3.8) is 0 Å². The van der Waals surface area contributed by atoms with Gasteiger partial charge in [0, 0.05) is 43.7 Å². The molecule has 0 amide bonds. The molecular weight excluding hydrogens is 204 g/mol. The summed E-state index contributed by atoms with van der Waals surface area (Å²) in [4.78, 5) is 11.0. The van der Waals surface area contributed by atoms with Crippen LogP contribution in [0, 0.1) is 6.92 Å². The van der Waals surface area contributed by atoms with E-state index in [1.807, 2.05) is 13.1 Å². The van der Waals surface area contributed by atoms with E-state index in [1.165, 1.54) is 0 Å². The Bertz CT molecular complexity index is 348. The first-order valence-corrected chi connectivity index (χ1v) is 5.66. The second kappa shape index (κ2) is 5.23. The summed E-state index contributed by atoms with van der Waals surface area (Å²) in [5.41, 5.74) is 7.57. The van der Waals surface area contributed by atoms with Crippen LogP contribution in [0.25, 0.3) is 0 Å². The van der Waals surface area contributed by atoms with Gasteiger partial charge in [-0.3, -0.25) is 0 Å². The molecule has 16 heavy (non-hydrogen) atoms. The molecular formula is C11H18N4O. The van der Waals surface area contributed by atoms with Gasteiger partial charge in [-0.15, -0.1) is 0 Å². The van der Waals surface area contributed by atoms with Crippen molar-refractivity contribution >= 4 is 5.95 Å². The van der Waals surface area contributed by atoms with Crippen LogP contribution in [0.5, 0.6) is 0 Å². The fourth-order valence-corrected chi connectivity index (χ4v) is 1.78. The van der Waals surface area contributed by atoms with Crippen molar-refractivity contribution in [2.24, 2.45) is 5.73 Å². The average Bonchev–Trinajstić information content (AvgIpc) is 2.57. The van der Waals surface area contributed by atoms with Gasteiger partial charge >= 0.3 is 0 Å². The van der Waals surface area contributed by atoms with Crippen LogP contribution in [0.15, 0.2) is 6.20 Å². The standard InChI is InChI=1S/C11H18N4O/c1-9-10(7-12)8-13-11(14-9)15-3-2-5-16-6-4-15/h8H,2-7,12H2,1H3. The molecule has 0 bridgehead atoms. The lowest BCUT2D eigenvalue weighted by atomic mass is 10.2. The second-order valence-electron chi connectivity index (χ2n) is 3.94. The Hall–Kier alpha value is -1.20. The maximum absolute atomic E-state index is 5.59. The molecule has 2 heterocycles. The van der Waals surface area contributed by atoms with E-state index < -0.39 is 0 Å². The maximum atomic E-state index is 5.59. The quantitative estimate of drug-likeness (QED) is 0.788. The van der Waals surface area contributed by atoms with Crippen molar-refractivity contribution < 1.29 is 4.74 Å². The molecule has 0 saturated carbocycles. The molecule has 0 aromatic carbocycles. The normalized spacial score (nSPS) is 17.2. The lowest BCUT2D eigenvalue weighted by Crippen LogP contribution is -2.28. The third-order valence-electron chi connectivity index (χ3n) is 2.79. The molecule has 2 rings (SSSR count). The van der Waals surface area contributed by atoms with E-state index in [-0.39, 0.29) is 0 Å². The van der Waals surface area contributed by atoms with Crippen LogP contribution in [-0.4, -0.2) is 36.3 Å². The highest BCUT2D eigenvalue weighted by Crippen LogP contribution is 2.12. The summed E-state index contributed by atoms with van der Waals surface area (Å²) in [5.74, 6) is 0.792. The fourth-order valence-electron chi connectivity index (χ4n) is 1.78. The summed E-state index contributed by atoms with van der Waals surface area (Å²) in [5, 5.41) is 0. The topological polar surface area (TPSA) is 64.3 Å². The summed E-state index contributed by atoms with van der Waals surface area (Å²) in [7, 11) is 0. The Labute approximate surface area is 95.6 Å². The maximum Gasteiger partial charge on any atom is 0.225 e. The number of nitrogens with two attached hydrogens (primary N) is 1. The third-order valence-corrected chi connectivity index (χ3v) is 2.79. The highest BCUT2D eigenvalue weighted by Gasteiger charge is 2.13. The second-order valence-corrected chi connectivity index (χ2v) is 3.94. The lowest BCUT2D eigenvalue weighted by molar-refractivity contribution is 0.152. The molecule has 0 radical (unpaired) electrons. The highest BCUT2D eigenvalue weighted by molar-refractivity contribution is 5.32. The van der Waals surface area contributed by atoms with Gasteiger partial charge in [0.15, 0.2) is 0 Å². The summed E-state index contributed by atoms with van der Waals surface area (Å²) in [6.45, 7) is 5.87. The lowest BCUT2D eigenvalue weighted by Gasteiger charge is -2.20. The van der Waals surface area contributed by atoms with Gasteiger partial charge in [0.2, 0.25) is 5.95 Å². The van der Waals surface area contributed by atoms with E-state index in [0.717, 1.165) is 49.9 Å². The summed E-state index contributed by atoms with van der Waals surface area (Å²) in [6.07, 6.45) is 2.85. The van der Waals surface area contributed by atoms with Crippen molar-refractivity contribution in [3.05, 3.63) is 17.5 Å². The average molecular weight is 222 g/mol. The molecule has 1 aliphatic rings. The van der Waals surface area contributed by atoms with E-state index in [2.05, 4.69) is 14.9 Å². The van der Waals surface area contributed by atoms with Crippen LogP contribution in [-0.2, 0) is 11.3 Å². The van der Waals surface area contributed by atoms with E-state index in [0.29, 0.717) is 6.54 Å². The molecule has 1 saturated heterocycles. The van der Waals surface area contributed by atoms with E-state index in [1.54, 1.807) is 0 Å². The highest BCUT2D eigenvalue weighted by atomic mass is 16.5. The van der Waals surface area contributed by atoms with Gasteiger partial charge in [0.05, 0.1) is 6.61 Å². The molecule has 1 aromatic heterocycles. The van der Waals surface area contributed by atoms with Gasteiger partial charge in [0.25, 0.3) is 0 Å². The first-order valence-electron chi connectivity index (χ1n) is 5.66. The van der Waals surface area contributed by atoms with Crippen LogP contribution >= 0.6 is 0 Å². The van der Waals surface area contributed by atoms with Crippen molar-refractivity contribution in [1.29, 1.82) is 0 Å². The molecule has 0 unspecified atom stereocenters. The van der Waals surface area contributed by atoms with Crippen molar-refractivity contribution in [3.8, 4) is 0 Å². The number of hydrogen-bond donors (Lipinski definition) is 1. The fraction of sp³-hybridized carbons (Fsp3) is 0.636. The summed E-state index contributed by atoms with van der Waals surface area (Å²) >= 11 is 0. The third kappa shape index (κ3) is 2.48. The van der Waals surface area contributed by atoms with Gasteiger partial charge in [-0.2, -0.15) is 0 Å². The first-order chi connectivity index (χ1) is 7.81. The largest absolute Gasteiger partial charge is 0.380 e. The molecule has 1 aliphatic heterocycles. The van der Waals surface area contributed by atoms with E-state index in [4.69, 9.17) is 10.5 Å². The molecule has 1 aromatic rings. The Morgan fingerprint density at radius 3 is 3.06 bits per heavy atom. The summed E-state index contributed by atoms with van der Waals surface area (Å²) < 4.78 is 5.40. The molecule has 0 atom stereocenters. The number of aryl methyl sites for hydroxylation is 1. The van der Waals surface area contributed by atoms with E-state index in [9.17, 15) is 0 Å². The zero-order chi connectivity index (χ0) is 11.4. The molecule has 5 heteroatoms. The minimum Gasteiger partial charge on any atom is -0.380 e. The molecule has 1 fully saturated rings. The van der Waals surface area contributed by atoms with Gasteiger partial charge in [-0.25, -0.2) is 9.97 Å². The van der Waals surface area contributed by atoms with Gasteiger partial charge in [-0.1, -0.05) is 0 Å². The monoisotopic (exact) mass is 222 g/mol. The van der Waals surface area contributed by atoms with Crippen molar-refractivity contribution in [2.75, 3.05) is 31.2 Å². The predicted octanol–water partition coefficient (Wildman–Crippen LogP) is 0.470. The predicted molar refractivity (Wildman–Crippen MR) is 62.3 cm³/mol. The van der Waals surface area contributed by atoms with Crippen LogP contribution < -0.4 is 10.6 Å². The van der Waals surface area contributed by atoms with Gasteiger partial charge in [0.1, 0.15) is 0 Å². The number of aromatic nitrogens is 2. The van der Waals surface area contributed by atoms with Gasteiger partial charge < -0.3 is 15.4 Å².